The maximum absolute atomic E-state index is 13.6. The van der Waals surface area contributed by atoms with Crippen LogP contribution in [-0.2, 0) is 6.54 Å². The van der Waals surface area contributed by atoms with E-state index in [9.17, 15) is 4.39 Å². The predicted octanol–water partition coefficient (Wildman–Crippen LogP) is 4.31. The summed E-state index contributed by atoms with van der Waals surface area (Å²) in [6.07, 6.45) is 4.99. The van der Waals surface area contributed by atoms with Crippen molar-refractivity contribution in [2.45, 2.75) is 13.5 Å². The molecule has 7 nitrogen and oxygen atoms in total. The molecule has 8 heteroatoms. The Bertz CT molecular complexity index is 1110. The van der Waals surface area contributed by atoms with Crippen LogP contribution in [0.4, 0.5) is 15.8 Å². The summed E-state index contributed by atoms with van der Waals surface area (Å²) in [6, 6.07) is 12.6. The molecule has 30 heavy (non-hydrogen) atoms. The van der Waals surface area contributed by atoms with Gasteiger partial charge in [-0.3, -0.25) is 0 Å². The van der Waals surface area contributed by atoms with Gasteiger partial charge in [0.25, 0.3) is 0 Å². The molecular weight excluding hydrogens is 383 g/mol. The van der Waals surface area contributed by atoms with Gasteiger partial charge < -0.3 is 19.3 Å². The minimum absolute atomic E-state index is 0.266. The van der Waals surface area contributed by atoms with E-state index in [0.717, 1.165) is 48.0 Å². The van der Waals surface area contributed by atoms with E-state index in [1.54, 1.807) is 12.3 Å². The van der Waals surface area contributed by atoms with Gasteiger partial charge in [-0.1, -0.05) is 17.3 Å². The van der Waals surface area contributed by atoms with Gasteiger partial charge in [0, 0.05) is 50.2 Å². The van der Waals surface area contributed by atoms with Crippen molar-refractivity contribution in [1.82, 2.24) is 19.7 Å². The molecule has 1 N–H and O–H groups in total. The van der Waals surface area contributed by atoms with E-state index >= 15 is 0 Å². The fourth-order valence-electron chi connectivity index (χ4n) is 3.50. The third kappa shape index (κ3) is 4.03. The molecule has 0 aliphatic carbocycles. The van der Waals surface area contributed by atoms with Crippen LogP contribution in [0.1, 0.15) is 6.92 Å². The van der Waals surface area contributed by atoms with E-state index in [2.05, 4.69) is 38.3 Å². The zero-order chi connectivity index (χ0) is 20.9. The third-order valence-electron chi connectivity index (χ3n) is 5.02. The Balaban J connectivity index is 1.54. The summed E-state index contributed by atoms with van der Waals surface area (Å²) in [6.45, 7) is 4.44. The summed E-state index contributed by atoms with van der Waals surface area (Å²) < 4.78 is 20.5. The lowest BCUT2D eigenvalue weighted by Gasteiger charge is -2.26. The Labute approximate surface area is 174 Å². The van der Waals surface area contributed by atoms with Crippen LogP contribution < -0.4 is 10.2 Å². The molecule has 2 aromatic carbocycles. The molecule has 0 saturated heterocycles. The Morgan fingerprint density at radius 1 is 1.13 bits per heavy atom. The molecule has 0 radical (unpaired) electrons. The first-order valence-corrected chi connectivity index (χ1v) is 9.80. The van der Waals surface area contributed by atoms with Crippen molar-refractivity contribution in [3.05, 3.63) is 67.1 Å². The molecule has 4 aromatic rings. The summed E-state index contributed by atoms with van der Waals surface area (Å²) in [4.78, 5) is 10.8. The molecule has 0 amide bonds. The molecule has 0 atom stereocenters. The van der Waals surface area contributed by atoms with E-state index < -0.39 is 0 Å². The highest BCUT2D eigenvalue weighted by Gasteiger charge is 2.14. The summed E-state index contributed by atoms with van der Waals surface area (Å²) in [7, 11) is 1.89. The van der Waals surface area contributed by atoms with Crippen LogP contribution in [-0.4, -0.2) is 39.8 Å². The Kier molecular flexibility index (Phi) is 5.74. The van der Waals surface area contributed by atoms with E-state index in [0.29, 0.717) is 5.82 Å². The molecule has 2 heterocycles. The van der Waals surface area contributed by atoms with Gasteiger partial charge in [-0.05, 0) is 37.3 Å². The predicted molar refractivity (Wildman–Crippen MR) is 115 cm³/mol. The molecule has 0 aliphatic heterocycles. The maximum Gasteiger partial charge on any atom is 0.214 e. The topological polar surface area (TPSA) is 72.0 Å². The van der Waals surface area contributed by atoms with Crippen molar-refractivity contribution >= 4 is 11.4 Å². The van der Waals surface area contributed by atoms with Crippen LogP contribution in [0.15, 0.2) is 65.8 Å². The first-order valence-electron chi connectivity index (χ1n) is 9.80. The van der Waals surface area contributed by atoms with E-state index in [1.165, 1.54) is 18.5 Å². The zero-order valence-electron chi connectivity index (χ0n) is 16.9. The Morgan fingerprint density at radius 3 is 2.77 bits per heavy atom. The number of imidazole rings is 1. The number of rotatable bonds is 8. The molecule has 0 fully saturated rings. The zero-order valence-corrected chi connectivity index (χ0v) is 16.9. The molecule has 2 aromatic heterocycles. The average Bonchev–Trinajstić information content (AvgIpc) is 3.46. The van der Waals surface area contributed by atoms with E-state index in [4.69, 9.17) is 4.52 Å². The minimum atomic E-state index is -0.266. The fourth-order valence-corrected chi connectivity index (χ4v) is 3.50. The number of hydrogen-bond donors (Lipinski definition) is 1. The van der Waals surface area contributed by atoms with Gasteiger partial charge in [0.2, 0.25) is 12.2 Å². The van der Waals surface area contributed by atoms with Crippen LogP contribution in [0.25, 0.3) is 22.8 Å². The highest BCUT2D eigenvalue weighted by Crippen LogP contribution is 2.30. The number of nitrogens with one attached hydrogen (secondary N) is 1. The lowest BCUT2D eigenvalue weighted by atomic mass is 10.1. The second-order valence-electron chi connectivity index (χ2n) is 6.77. The van der Waals surface area contributed by atoms with Gasteiger partial charge in [0.15, 0.2) is 0 Å². The van der Waals surface area contributed by atoms with Crippen molar-refractivity contribution in [2.75, 3.05) is 30.4 Å². The second-order valence-corrected chi connectivity index (χ2v) is 6.77. The largest absolute Gasteiger partial charge is 0.386 e. The Hall–Kier alpha value is -3.68. The Morgan fingerprint density at radius 2 is 2.03 bits per heavy atom. The first kappa shape index (κ1) is 19.6. The quantitative estimate of drug-likeness (QED) is 0.470. The SMILES string of the molecule is CCN(CCn1ccnc1-c1cccc(F)c1)c1ccc(-c2ncon2)cc1NC. The average molecular weight is 406 g/mol. The maximum atomic E-state index is 13.6. The highest BCUT2D eigenvalue weighted by molar-refractivity contribution is 5.76. The third-order valence-corrected chi connectivity index (χ3v) is 5.02. The van der Waals surface area contributed by atoms with Crippen LogP contribution in [0.2, 0.25) is 0 Å². The van der Waals surface area contributed by atoms with Crippen LogP contribution in [0, 0.1) is 5.82 Å². The van der Waals surface area contributed by atoms with Gasteiger partial charge in [-0.15, -0.1) is 0 Å². The van der Waals surface area contributed by atoms with Crippen LogP contribution >= 0.6 is 0 Å². The van der Waals surface area contributed by atoms with Crippen LogP contribution in [0.5, 0.6) is 0 Å². The van der Waals surface area contributed by atoms with Crippen LogP contribution in [0.3, 0.4) is 0 Å². The van der Waals surface area contributed by atoms with Gasteiger partial charge >= 0.3 is 0 Å². The van der Waals surface area contributed by atoms with Crippen molar-refractivity contribution in [3.63, 3.8) is 0 Å². The van der Waals surface area contributed by atoms with Gasteiger partial charge in [-0.25, -0.2) is 9.37 Å². The monoisotopic (exact) mass is 406 g/mol. The minimum Gasteiger partial charge on any atom is -0.386 e. The van der Waals surface area contributed by atoms with Gasteiger partial charge in [0.05, 0.1) is 11.4 Å². The lowest BCUT2D eigenvalue weighted by Crippen LogP contribution is -2.28. The van der Waals surface area contributed by atoms with Gasteiger partial charge in [-0.2, -0.15) is 4.98 Å². The van der Waals surface area contributed by atoms with Crippen molar-refractivity contribution in [2.24, 2.45) is 0 Å². The molecule has 154 valence electrons. The van der Waals surface area contributed by atoms with Crippen molar-refractivity contribution in [3.8, 4) is 22.8 Å². The standard InChI is InChI=1S/C22H23FN6O/c1-3-28(20-8-7-16(14-19(20)24-2)21-26-15-30-27-21)11-12-29-10-9-25-22(29)17-5-4-6-18(23)13-17/h4-10,13-15,24H,3,11-12H2,1-2H3. The van der Waals surface area contributed by atoms with E-state index in [-0.39, 0.29) is 5.82 Å². The number of benzene rings is 2. The number of likely N-dealkylation sites (N-methyl/N-ethyl adjacent to an activating group) is 1. The smallest absolute Gasteiger partial charge is 0.214 e. The molecule has 4 rings (SSSR count). The summed E-state index contributed by atoms with van der Waals surface area (Å²) in [5.74, 6) is 1.05. The summed E-state index contributed by atoms with van der Waals surface area (Å²) >= 11 is 0. The number of nitrogens with zero attached hydrogens (tertiary/aromatic N) is 5. The summed E-state index contributed by atoms with van der Waals surface area (Å²) in [5, 5.41) is 7.17. The molecule has 0 spiro atoms. The lowest BCUT2D eigenvalue weighted by molar-refractivity contribution is 0.419. The number of hydrogen-bond acceptors (Lipinski definition) is 6. The normalized spacial score (nSPS) is 10.9. The summed E-state index contributed by atoms with van der Waals surface area (Å²) in [5.41, 5.74) is 3.72. The molecule has 0 saturated carbocycles. The molecule has 0 unspecified atom stereocenters. The molecular formula is C22H23FN6O. The number of anilines is 2. The molecule has 0 aliphatic rings. The number of aromatic nitrogens is 4. The second kappa shape index (κ2) is 8.77. The van der Waals surface area contributed by atoms with Crippen molar-refractivity contribution in [1.29, 1.82) is 0 Å². The first-order chi connectivity index (χ1) is 14.7. The molecule has 0 bridgehead atoms. The van der Waals surface area contributed by atoms with Gasteiger partial charge in [0.1, 0.15) is 11.6 Å². The highest BCUT2D eigenvalue weighted by atomic mass is 19.1. The fraction of sp³-hybridized carbons (Fsp3) is 0.227. The number of halogens is 1. The van der Waals surface area contributed by atoms with E-state index in [1.807, 2.05) is 36.0 Å². The van der Waals surface area contributed by atoms with Crippen molar-refractivity contribution < 1.29 is 8.91 Å².